The zero-order chi connectivity index (χ0) is 22.4. The molecule has 0 spiro atoms. The summed E-state index contributed by atoms with van der Waals surface area (Å²) >= 11 is 18.8. The van der Waals surface area contributed by atoms with Crippen molar-refractivity contribution in [1.29, 1.82) is 0 Å². The third-order valence-corrected chi connectivity index (χ3v) is 7.63. The third-order valence-electron chi connectivity index (χ3n) is 6.84. The Morgan fingerprint density at radius 3 is 2.19 bits per heavy atom. The van der Waals surface area contributed by atoms with Gasteiger partial charge >= 0.3 is 0 Å². The third kappa shape index (κ3) is 3.93. The second kappa shape index (κ2) is 8.74. The van der Waals surface area contributed by atoms with Crippen LogP contribution >= 0.6 is 34.8 Å². The van der Waals surface area contributed by atoms with E-state index in [4.69, 9.17) is 39.9 Å². The molecule has 5 rings (SSSR count). The van der Waals surface area contributed by atoms with E-state index in [0.29, 0.717) is 38.3 Å². The van der Waals surface area contributed by atoms with E-state index in [0.717, 1.165) is 29.9 Å². The minimum absolute atomic E-state index is 0.00375. The molecule has 2 aromatic carbocycles. The van der Waals surface area contributed by atoms with E-state index in [1.807, 2.05) is 42.2 Å². The van der Waals surface area contributed by atoms with Crippen molar-refractivity contribution in [2.24, 2.45) is 11.8 Å². The molecule has 0 radical (unpaired) electrons. The largest absolute Gasteiger partial charge is 0.337 e. The van der Waals surface area contributed by atoms with E-state index < -0.39 is 0 Å². The van der Waals surface area contributed by atoms with Gasteiger partial charge in [0.15, 0.2) is 5.69 Å². The Kier molecular flexibility index (Phi) is 5.96. The predicted octanol–water partition coefficient (Wildman–Crippen LogP) is 7.07. The molecule has 0 N–H and O–H groups in total. The molecule has 1 amide bonds. The van der Waals surface area contributed by atoms with Crippen LogP contribution < -0.4 is 0 Å². The first-order valence-corrected chi connectivity index (χ1v) is 12.2. The molecule has 4 nitrogen and oxygen atoms in total. The van der Waals surface area contributed by atoms with Gasteiger partial charge in [-0.3, -0.25) is 4.79 Å². The predicted molar refractivity (Wildman–Crippen MR) is 130 cm³/mol. The molecule has 2 fully saturated rings. The molecule has 2 aliphatic rings. The fourth-order valence-corrected chi connectivity index (χ4v) is 5.81. The maximum atomic E-state index is 13.6. The molecule has 0 bridgehead atoms. The quantitative estimate of drug-likeness (QED) is 0.395. The summed E-state index contributed by atoms with van der Waals surface area (Å²) in [6.07, 6.45) is 4.98. The van der Waals surface area contributed by atoms with Crippen molar-refractivity contribution >= 4 is 40.7 Å². The Bertz CT molecular complexity index is 1160. The van der Waals surface area contributed by atoms with Gasteiger partial charge in [0, 0.05) is 34.3 Å². The molecule has 1 aliphatic carbocycles. The normalized spacial score (nSPS) is 20.4. The molecule has 1 saturated carbocycles. The summed E-state index contributed by atoms with van der Waals surface area (Å²) < 4.78 is 1.76. The van der Waals surface area contributed by atoms with Gasteiger partial charge in [0.1, 0.15) is 0 Å². The number of benzene rings is 2. The summed E-state index contributed by atoms with van der Waals surface area (Å²) in [5, 5.41) is 6.47. The lowest BCUT2D eigenvalue weighted by atomic mass is 9.82. The van der Waals surface area contributed by atoms with Crippen molar-refractivity contribution < 1.29 is 4.79 Å². The molecular formula is C25H24Cl3N3O. The molecule has 32 heavy (non-hydrogen) atoms. The molecular weight excluding hydrogens is 465 g/mol. The molecule has 1 saturated heterocycles. The van der Waals surface area contributed by atoms with E-state index in [1.165, 1.54) is 25.7 Å². The highest BCUT2D eigenvalue weighted by molar-refractivity contribution is 6.35. The van der Waals surface area contributed by atoms with Crippen molar-refractivity contribution in [3.63, 3.8) is 0 Å². The zero-order valence-electron chi connectivity index (χ0n) is 17.8. The van der Waals surface area contributed by atoms with Gasteiger partial charge in [-0.05, 0) is 61.9 Å². The van der Waals surface area contributed by atoms with Crippen LogP contribution in [-0.2, 0) is 0 Å². The van der Waals surface area contributed by atoms with Gasteiger partial charge in [-0.2, -0.15) is 5.10 Å². The Balaban J connectivity index is 1.59. The maximum absolute atomic E-state index is 13.6. The van der Waals surface area contributed by atoms with Crippen LogP contribution in [0.25, 0.3) is 16.9 Å². The zero-order valence-corrected chi connectivity index (χ0v) is 20.1. The maximum Gasteiger partial charge on any atom is 0.274 e. The van der Waals surface area contributed by atoms with Gasteiger partial charge in [0.2, 0.25) is 0 Å². The van der Waals surface area contributed by atoms with Crippen LogP contribution in [-0.4, -0.2) is 33.7 Å². The minimum atomic E-state index is -0.00375. The van der Waals surface area contributed by atoms with Crippen LogP contribution in [0, 0.1) is 18.8 Å². The first kappa shape index (κ1) is 21.8. The van der Waals surface area contributed by atoms with E-state index in [-0.39, 0.29) is 5.91 Å². The number of amides is 1. The number of fused-ring (bicyclic) bond motifs is 1. The molecule has 1 aliphatic heterocycles. The Labute approximate surface area is 203 Å². The lowest BCUT2D eigenvalue weighted by Crippen LogP contribution is -2.30. The lowest BCUT2D eigenvalue weighted by Gasteiger charge is -2.22. The Morgan fingerprint density at radius 2 is 1.56 bits per heavy atom. The van der Waals surface area contributed by atoms with E-state index in [1.54, 1.807) is 16.8 Å². The number of hydrogen-bond donors (Lipinski definition) is 0. The van der Waals surface area contributed by atoms with Crippen molar-refractivity contribution in [1.82, 2.24) is 14.7 Å². The van der Waals surface area contributed by atoms with Crippen LogP contribution in [0.1, 0.15) is 41.7 Å². The van der Waals surface area contributed by atoms with Gasteiger partial charge in [-0.15, -0.1) is 0 Å². The fraction of sp³-hybridized carbons (Fsp3) is 0.360. The van der Waals surface area contributed by atoms with Crippen molar-refractivity contribution in [2.75, 3.05) is 13.1 Å². The summed E-state index contributed by atoms with van der Waals surface area (Å²) in [4.78, 5) is 15.6. The van der Waals surface area contributed by atoms with Crippen molar-refractivity contribution in [2.45, 2.75) is 32.6 Å². The van der Waals surface area contributed by atoms with Crippen LogP contribution in [0.15, 0.2) is 42.5 Å². The van der Waals surface area contributed by atoms with Gasteiger partial charge in [-0.25, -0.2) is 4.68 Å². The van der Waals surface area contributed by atoms with Gasteiger partial charge in [0.25, 0.3) is 5.91 Å². The lowest BCUT2D eigenvalue weighted by molar-refractivity contribution is 0.0777. The molecule has 3 aromatic rings. The second-order valence-electron chi connectivity index (χ2n) is 8.85. The highest BCUT2D eigenvalue weighted by Gasteiger charge is 2.38. The van der Waals surface area contributed by atoms with E-state index >= 15 is 0 Å². The van der Waals surface area contributed by atoms with Gasteiger partial charge < -0.3 is 4.90 Å². The average Bonchev–Trinajstić information content (AvgIpc) is 3.35. The van der Waals surface area contributed by atoms with Crippen LogP contribution in [0.2, 0.25) is 15.1 Å². The SMILES string of the molecule is Cc1c(C(=O)N2C[C@H]3CCCC[C@H]3C2)nn(-c2ccc(Cl)cc2Cl)c1-c1ccc(Cl)cc1. The summed E-state index contributed by atoms with van der Waals surface area (Å²) in [6.45, 7) is 3.61. The molecule has 2 heterocycles. The molecule has 1 aromatic heterocycles. The number of hydrogen-bond acceptors (Lipinski definition) is 2. The Morgan fingerprint density at radius 1 is 0.938 bits per heavy atom. The standard InChI is InChI=1S/C25H24Cl3N3O/c1-15-23(25(32)30-13-17-4-2-3-5-18(17)14-30)29-31(22-11-10-20(27)12-21(22)28)24(15)16-6-8-19(26)9-7-16/h6-12,17-18H,2-5,13-14H2,1H3/t17-,18+. The molecule has 2 atom stereocenters. The average molecular weight is 489 g/mol. The van der Waals surface area contributed by atoms with Crippen molar-refractivity contribution in [3.05, 3.63) is 68.8 Å². The van der Waals surface area contributed by atoms with Crippen LogP contribution in [0.5, 0.6) is 0 Å². The van der Waals surface area contributed by atoms with Crippen molar-refractivity contribution in [3.8, 4) is 16.9 Å². The molecule has 0 unspecified atom stereocenters. The highest BCUT2D eigenvalue weighted by Crippen LogP contribution is 2.38. The first-order chi connectivity index (χ1) is 15.4. The van der Waals surface area contributed by atoms with Gasteiger partial charge in [-0.1, -0.05) is 59.8 Å². The highest BCUT2D eigenvalue weighted by atomic mass is 35.5. The smallest absolute Gasteiger partial charge is 0.274 e. The fourth-order valence-electron chi connectivity index (χ4n) is 5.19. The van der Waals surface area contributed by atoms with Crippen LogP contribution in [0.3, 0.4) is 0 Å². The number of likely N-dealkylation sites (tertiary alicyclic amines) is 1. The second-order valence-corrected chi connectivity index (χ2v) is 10.1. The van der Waals surface area contributed by atoms with E-state index in [2.05, 4.69) is 0 Å². The summed E-state index contributed by atoms with van der Waals surface area (Å²) in [5.74, 6) is 1.24. The number of aromatic nitrogens is 2. The summed E-state index contributed by atoms with van der Waals surface area (Å²) in [6, 6.07) is 12.8. The first-order valence-electron chi connectivity index (χ1n) is 11.0. The number of halogens is 3. The molecule has 7 heteroatoms. The number of rotatable bonds is 3. The monoisotopic (exact) mass is 487 g/mol. The van der Waals surface area contributed by atoms with Crippen LogP contribution in [0.4, 0.5) is 0 Å². The minimum Gasteiger partial charge on any atom is -0.337 e. The molecule has 166 valence electrons. The van der Waals surface area contributed by atoms with E-state index in [9.17, 15) is 4.79 Å². The topological polar surface area (TPSA) is 38.1 Å². The number of carbonyl (C=O) groups excluding carboxylic acids is 1. The van der Waals surface area contributed by atoms with Gasteiger partial charge in [0.05, 0.1) is 16.4 Å². The number of carbonyl (C=O) groups is 1. The summed E-state index contributed by atoms with van der Waals surface area (Å²) in [5.41, 5.74) is 3.72. The summed E-state index contributed by atoms with van der Waals surface area (Å²) in [7, 11) is 0. The number of nitrogens with zero attached hydrogens (tertiary/aromatic N) is 3. The Hall–Kier alpha value is -2.01.